The molecule has 2 aromatic carbocycles. The van der Waals surface area contributed by atoms with Crippen LogP contribution in [0.5, 0.6) is 0 Å². The highest BCUT2D eigenvalue weighted by Crippen LogP contribution is 2.25. The molecule has 0 bridgehead atoms. The minimum absolute atomic E-state index is 0.00161. The Morgan fingerprint density at radius 1 is 1.14 bits per heavy atom. The second-order valence-electron chi connectivity index (χ2n) is 6.04. The Morgan fingerprint density at radius 3 is 2.50 bits per heavy atom. The molecule has 0 spiro atoms. The fourth-order valence-electron chi connectivity index (χ4n) is 2.50. The molecule has 0 fully saturated rings. The summed E-state index contributed by atoms with van der Waals surface area (Å²) in [6.45, 7) is 3.46. The number of carbonyl (C=O) groups is 1. The third kappa shape index (κ3) is 5.65. The summed E-state index contributed by atoms with van der Waals surface area (Å²) in [5.41, 5.74) is 1.59. The van der Waals surface area contributed by atoms with Crippen molar-refractivity contribution in [1.29, 1.82) is 0 Å². The van der Waals surface area contributed by atoms with Gasteiger partial charge in [-0.1, -0.05) is 25.1 Å². The molecular weight excluding hydrogens is 382 g/mol. The average molecular weight is 403 g/mol. The lowest BCUT2D eigenvalue weighted by atomic mass is 10.1. The minimum atomic E-state index is -3.45. The number of hydrogen-bond donors (Lipinski definition) is 2. The third-order valence-corrected chi connectivity index (χ3v) is 5.35. The first-order chi connectivity index (χ1) is 13.2. The molecular formula is C19H21N3O5S. The van der Waals surface area contributed by atoms with Crippen LogP contribution >= 0.6 is 0 Å². The number of hydrogen-bond acceptors (Lipinski definition) is 5. The average Bonchev–Trinajstić information content (AvgIpc) is 2.63. The van der Waals surface area contributed by atoms with Crippen LogP contribution in [0.4, 0.5) is 17.1 Å². The van der Waals surface area contributed by atoms with Crippen LogP contribution in [0.25, 0.3) is 6.08 Å². The number of nitro benzene ring substituents is 1. The number of nitro groups is 1. The highest BCUT2D eigenvalue weighted by Gasteiger charge is 2.13. The van der Waals surface area contributed by atoms with Crippen molar-refractivity contribution in [3.63, 3.8) is 0 Å². The Morgan fingerprint density at radius 2 is 1.82 bits per heavy atom. The molecule has 0 aliphatic rings. The van der Waals surface area contributed by atoms with Gasteiger partial charge < -0.3 is 5.32 Å². The highest BCUT2D eigenvalue weighted by molar-refractivity contribution is 7.92. The van der Waals surface area contributed by atoms with Gasteiger partial charge in [-0.25, -0.2) is 8.42 Å². The minimum Gasteiger partial charge on any atom is -0.322 e. The summed E-state index contributed by atoms with van der Waals surface area (Å²) in [4.78, 5) is 22.7. The van der Waals surface area contributed by atoms with E-state index < -0.39 is 20.9 Å². The van der Waals surface area contributed by atoms with Crippen LogP contribution in [0.15, 0.2) is 48.5 Å². The lowest BCUT2D eigenvalue weighted by molar-refractivity contribution is -0.385. The van der Waals surface area contributed by atoms with Crippen LogP contribution in [0, 0.1) is 17.0 Å². The van der Waals surface area contributed by atoms with E-state index in [9.17, 15) is 23.3 Å². The molecule has 2 N–H and O–H groups in total. The molecule has 28 heavy (non-hydrogen) atoms. The van der Waals surface area contributed by atoms with Gasteiger partial charge in [-0.3, -0.25) is 19.6 Å². The fraction of sp³-hybridized carbons (Fsp3) is 0.211. The Labute approximate surface area is 163 Å². The van der Waals surface area contributed by atoms with Crippen molar-refractivity contribution < 1.29 is 18.1 Å². The summed E-state index contributed by atoms with van der Waals surface area (Å²) >= 11 is 0. The summed E-state index contributed by atoms with van der Waals surface area (Å²) in [6.07, 6.45) is 3.04. The predicted molar refractivity (Wildman–Crippen MR) is 110 cm³/mol. The number of nitrogens with zero attached hydrogens (tertiary/aromatic N) is 1. The summed E-state index contributed by atoms with van der Waals surface area (Å²) in [5.74, 6) is -0.489. The van der Waals surface area contributed by atoms with E-state index in [0.29, 0.717) is 28.9 Å². The number of nitrogens with one attached hydrogen (secondary N) is 2. The maximum absolute atomic E-state index is 12.2. The number of carbonyl (C=O) groups excluding carboxylic acids is 1. The van der Waals surface area contributed by atoms with Gasteiger partial charge in [0.2, 0.25) is 15.9 Å². The van der Waals surface area contributed by atoms with Gasteiger partial charge >= 0.3 is 0 Å². The molecule has 0 radical (unpaired) electrons. The summed E-state index contributed by atoms with van der Waals surface area (Å²) in [5, 5.41) is 13.7. The van der Waals surface area contributed by atoms with Crippen molar-refractivity contribution in [2.24, 2.45) is 0 Å². The summed E-state index contributed by atoms with van der Waals surface area (Å²) in [7, 11) is -3.45. The largest absolute Gasteiger partial charge is 0.322 e. The van der Waals surface area contributed by atoms with E-state index in [0.717, 1.165) is 0 Å². The lowest BCUT2D eigenvalue weighted by Crippen LogP contribution is -2.17. The molecule has 0 saturated heterocycles. The first-order valence-corrected chi connectivity index (χ1v) is 10.2. The number of amides is 1. The number of anilines is 2. The Kier molecular flexibility index (Phi) is 6.89. The van der Waals surface area contributed by atoms with Crippen molar-refractivity contribution >= 4 is 39.1 Å². The Bertz CT molecular complexity index is 1020. The fourth-order valence-corrected chi connectivity index (χ4v) is 3.70. The summed E-state index contributed by atoms with van der Waals surface area (Å²) < 4.78 is 26.4. The zero-order valence-electron chi connectivity index (χ0n) is 15.5. The quantitative estimate of drug-likeness (QED) is 0.396. The zero-order chi connectivity index (χ0) is 20.7. The lowest BCUT2D eigenvalue weighted by Gasteiger charge is -2.13. The van der Waals surface area contributed by atoms with Gasteiger partial charge in [0.05, 0.1) is 21.9 Å². The standard InChI is InChI=1S/C19H21N3O5S/c1-3-13-28(26,27)21-17-9-6-8-16(14(17)2)20-19(23)12-11-15-7-4-5-10-18(15)22(24)25/h4-12,21H,3,13H2,1-2H3,(H,20,23). The number of para-hydroxylation sites is 1. The molecule has 0 unspecified atom stereocenters. The van der Waals surface area contributed by atoms with Gasteiger partial charge in [-0.05, 0) is 43.2 Å². The second kappa shape index (κ2) is 9.14. The smallest absolute Gasteiger partial charge is 0.276 e. The monoisotopic (exact) mass is 403 g/mol. The van der Waals surface area contributed by atoms with E-state index in [-0.39, 0.29) is 11.4 Å². The van der Waals surface area contributed by atoms with Crippen LogP contribution in [-0.2, 0) is 14.8 Å². The molecule has 0 heterocycles. The van der Waals surface area contributed by atoms with Crippen molar-refractivity contribution in [3.8, 4) is 0 Å². The van der Waals surface area contributed by atoms with Crippen LogP contribution in [0.2, 0.25) is 0 Å². The molecule has 148 valence electrons. The first kappa shape index (κ1) is 21.1. The van der Waals surface area contributed by atoms with Crippen molar-refractivity contribution in [1.82, 2.24) is 0 Å². The van der Waals surface area contributed by atoms with Gasteiger partial charge in [0, 0.05) is 17.8 Å². The van der Waals surface area contributed by atoms with E-state index in [1.165, 1.54) is 24.3 Å². The number of rotatable bonds is 8. The molecule has 1 amide bonds. The molecule has 8 nitrogen and oxygen atoms in total. The zero-order valence-corrected chi connectivity index (χ0v) is 16.3. The van der Waals surface area contributed by atoms with E-state index in [4.69, 9.17) is 0 Å². The second-order valence-corrected chi connectivity index (χ2v) is 7.88. The van der Waals surface area contributed by atoms with Crippen molar-refractivity contribution in [2.75, 3.05) is 15.8 Å². The molecule has 0 saturated carbocycles. The van der Waals surface area contributed by atoms with E-state index in [1.807, 2.05) is 0 Å². The predicted octanol–water partition coefficient (Wildman–Crippen LogP) is 3.71. The van der Waals surface area contributed by atoms with Crippen LogP contribution in [0.1, 0.15) is 24.5 Å². The van der Waals surface area contributed by atoms with Gasteiger partial charge in [-0.15, -0.1) is 0 Å². The SMILES string of the molecule is CCCS(=O)(=O)Nc1cccc(NC(=O)C=Cc2ccccc2[N+](=O)[O-])c1C. The van der Waals surface area contributed by atoms with Crippen molar-refractivity contribution in [3.05, 3.63) is 69.8 Å². The van der Waals surface area contributed by atoms with Crippen LogP contribution in [-0.4, -0.2) is 25.0 Å². The van der Waals surface area contributed by atoms with E-state index >= 15 is 0 Å². The van der Waals surface area contributed by atoms with Gasteiger partial charge in [-0.2, -0.15) is 0 Å². The van der Waals surface area contributed by atoms with Gasteiger partial charge in [0.25, 0.3) is 5.69 Å². The van der Waals surface area contributed by atoms with Crippen LogP contribution < -0.4 is 10.0 Å². The molecule has 2 rings (SSSR count). The maximum atomic E-state index is 12.2. The van der Waals surface area contributed by atoms with Crippen LogP contribution in [0.3, 0.4) is 0 Å². The summed E-state index contributed by atoms with van der Waals surface area (Å²) in [6, 6.07) is 11.0. The molecule has 0 atom stereocenters. The topological polar surface area (TPSA) is 118 Å². The molecule has 0 aliphatic carbocycles. The molecule has 2 aromatic rings. The number of benzene rings is 2. The first-order valence-electron chi connectivity index (χ1n) is 8.56. The third-order valence-electron chi connectivity index (χ3n) is 3.88. The molecule has 9 heteroatoms. The highest BCUT2D eigenvalue weighted by atomic mass is 32.2. The Hall–Kier alpha value is -3.20. The van der Waals surface area contributed by atoms with Gasteiger partial charge in [0.1, 0.15) is 0 Å². The molecule has 0 aromatic heterocycles. The van der Waals surface area contributed by atoms with Gasteiger partial charge in [0.15, 0.2) is 0 Å². The maximum Gasteiger partial charge on any atom is 0.276 e. The Balaban J connectivity index is 2.17. The van der Waals surface area contributed by atoms with Crippen molar-refractivity contribution in [2.45, 2.75) is 20.3 Å². The van der Waals surface area contributed by atoms with E-state index in [2.05, 4.69) is 10.0 Å². The number of sulfonamides is 1. The van der Waals surface area contributed by atoms with E-state index in [1.54, 1.807) is 44.2 Å². The molecule has 0 aliphatic heterocycles. The normalized spacial score (nSPS) is 11.4.